The van der Waals surface area contributed by atoms with Gasteiger partial charge >= 0.3 is 0 Å². The van der Waals surface area contributed by atoms with Crippen LogP contribution in [-0.4, -0.2) is 10.9 Å². The van der Waals surface area contributed by atoms with Crippen LogP contribution >= 0.6 is 12.2 Å². The summed E-state index contributed by atoms with van der Waals surface area (Å²) in [4.78, 5) is 12.2. The predicted molar refractivity (Wildman–Crippen MR) is 90.3 cm³/mol. The molecule has 0 saturated heterocycles. The summed E-state index contributed by atoms with van der Waals surface area (Å²) in [6.45, 7) is 0. The Balaban J connectivity index is 1.78. The van der Waals surface area contributed by atoms with Gasteiger partial charge in [0.05, 0.1) is 0 Å². The van der Waals surface area contributed by atoms with E-state index in [0.717, 1.165) is 24.1 Å². The van der Waals surface area contributed by atoms with Crippen molar-refractivity contribution in [3.8, 4) is 0 Å². The van der Waals surface area contributed by atoms with Crippen LogP contribution in [-0.2, 0) is 11.2 Å². The molecule has 0 aliphatic heterocycles. The van der Waals surface area contributed by atoms with Crippen LogP contribution in [0.3, 0.4) is 0 Å². The minimum absolute atomic E-state index is 0.0222. The monoisotopic (exact) mass is 298 g/mol. The van der Waals surface area contributed by atoms with E-state index >= 15 is 0 Å². The highest BCUT2D eigenvalue weighted by molar-refractivity contribution is 7.80. The summed E-state index contributed by atoms with van der Waals surface area (Å²) in [5.74, 6) is 0.0222. The van der Waals surface area contributed by atoms with Gasteiger partial charge in [-0.3, -0.25) is 4.79 Å². The fraction of sp³-hybridized carbons (Fsp3) is 0.176. The lowest BCUT2D eigenvalue weighted by atomic mass is 10.1. The van der Waals surface area contributed by atoms with Gasteiger partial charge in [0, 0.05) is 17.7 Å². The Morgan fingerprint density at radius 3 is 2.33 bits per heavy atom. The van der Waals surface area contributed by atoms with Gasteiger partial charge in [0.2, 0.25) is 5.91 Å². The van der Waals surface area contributed by atoms with Gasteiger partial charge in [-0.25, -0.2) is 0 Å². The highest BCUT2D eigenvalue weighted by Crippen LogP contribution is 2.11. The average Bonchev–Trinajstić information content (AvgIpc) is 2.49. The van der Waals surface area contributed by atoms with Crippen LogP contribution in [0.2, 0.25) is 0 Å². The minimum Gasteiger partial charge on any atom is -0.389 e. The molecule has 2 rings (SSSR count). The lowest BCUT2D eigenvalue weighted by Gasteiger charge is -2.06. The van der Waals surface area contributed by atoms with E-state index in [1.165, 1.54) is 5.56 Å². The van der Waals surface area contributed by atoms with Gasteiger partial charge in [-0.2, -0.15) is 0 Å². The average molecular weight is 298 g/mol. The number of amides is 1. The zero-order valence-electron chi connectivity index (χ0n) is 11.7. The second-order valence-electron chi connectivity index (χ2n) is 4.83. The molecule has 2 aromatic carbocycles. The lowest BCUT2D eigenvalue weighted by Crippen LogP contribution is -2.12. The second kappa shape index (κ2) is 7.55. The summed E-state index contributed by atoms with van der Waals surface area (Å²) >= 11 is 4.89. The molecule has 0 fully saturated rings. The molecule has 0 saturated carbocycles. The molecule has 0 bridgehead atoms. The summed E-state index contributed by atoms with van der Waals surface area (Å²) in [7, 11) is 0. The van der Waals surface area contributed by atoms with Crippen LogP contribution in [0.25, 0.3) is 0 Å². The number of carbonyl (C=O) groups is 1. The molecule has 3 nitrogen and oxygen atoms in total. The molecule has 0 aromatic heterocycles. The lowest BCUT2D eigenvalue weighted by molar-refractivity contribution is -0.116. The third-order valence-electron chi connectivity index (χ3n) is 3.17. The normalized spacial score (nSPS) is 10.1. The fourth-order valence-corrected chi connectivity index (χ4v) is 2.18. The number of benzene rings is 2. The molecule has 3 N–H and O–H groups in total. The number of rotatable bonds is 6. The van der Waals surface area contributed by atoms with Crippen molar-refractivity contribution in [1.29, 1.82) is 0 Å². The third-order valence-corrected chi connectivity index (χ3v) is 3.40. The van der Waals surface area contributed by atoms with Crippen LogP contribution in [0.15, 0.2) is 54.6 Å². The van der Waals surface area contributed by atoms with Crippen LogP contribution in [0.5, 0.6) is 0 Å². The van der Waals surface area contributed by atoms with Gasteiger partial charge in [0.1, 0.15) is 4.99 Å². The summed E-state index contributed by atoms with van der Waals surface area (Å²) in [6, 6.07) is 17.4. The van der Waals surface area contributed by atoms with E-state index in [-0.39, 0.29) is 5.91 Å². The summed E-state index contributed by atoms with van der Waals surface area (Å²) in [5, 5.41) is 2.87. The van der Waals surface area contributed by atoms with Crippen molar-refractivity contribution in [2.75, 3.05) is 5.32 Å². The molecule has 4 heteroatoms. The van der Waals surface area contributed by atoms with Gasteiger partial charge in [-0.15, -0.1) is 0 Å². The van der Waals surface area contributed by atoms with Crippen molar-refractivity contribution < 1.29 is 4.79 Å². The summed E-state index contributed by atoms with van der Waals surface area (Å²) in [5.41, 5.74) is 8.35. The van der Waals surface area contributed by atoms with Gasteiger partial charge in [0.25, 0.3) is 0 Å². The van der Waals surface area contributed by atoms with E-state index in [2.05, 4.69) is 17.4 Å². The van der Waals surface area contributed by atoms with E-state index in [9.17, 15) is 4.79 Å². The quantitative estimate of drug-likeness (QED) is 0.805. The molecule has 0 unspecified atom stereocenters. The molecule has 0 aliphatic carbocycles. The summed E-state index contributed by atoms with van der Waals surface area (Å²) in [6.07, 6.45) is 2.25. The zero-order chi connectivity index (χ0) is 15.1. The number of hydrogen-bond donors (Lipinski definition) is 2. The highest BCUT2D eigenvalue weighted by atomic mass is 32.1. The first-order valence-electron chi connectivity index (χ1n) is 6.89. The van der Waals surface area contributed by atoms with E-state index in [4.69, 9.17) is 18.0 Å². The SMILES string of the molecule is NC(=S)c1ccc(NC(=O)CCCc2ccccc2)cc1. The van der Waals surface area contributed by atoms with Crippen LogP contribution < -0.4 is 11.1 Å². The number of carbonyl (C=O) groups excluding carboxylic acids is 1. The number of anilines is 1. The zero-order valence-corrected chi connectivity index (χ0v) is 12.5. The van der Waals surface area contributed by atoms with Gasteiger partial charge in [0.15, 0.2) is 0 Å². The van der Waals surface area contributed by atoms with Crippen LogP contribution in [0.1, 0.15) is 24.0 Å². The maximum Gasteiger partial charge on any atom is 0.224 e. The van der Waals surface area contributed by atoms with E-state index in [0.29, 0.717) is 11.4 Å². The molecule has 0 spiro atoms. The fourth-order valence-electron chi connectivity index (χ4n) is 2.04. The Labute approximate surface area is 130 Å². The molecule has 1 amide bonds. The molecule has 0 radical (unpaired) electrons. The Bertz CT molecular complexity index is 608. The van der Waals surface area contributed by atoms with Gasteiger partial charge < -0.3 is 11.1 Å². The van der Waals surface area contributed by atoms with Crippen molar-refractivity contribution in [1.82, 2.24) is 0 Å². The highest BCUT2D eigenvalue weighted by Gasteiger charge is 2.03. The molecule has 0 heterocycles. The molecule has 21 heavy (non-hydrogen) atoms. The summed E-state index contributed by atoms with van der Waals surface area (Å²) < 4.78 is 0. The van der Waals surface area contributed by atoms with Crippen LogP contribution in [0, 0.1) is 0 Å². The van der Waals surface area contributed by atoms with Gasteiger partial charge in [-0.05, 0) is 42.7 Å². The number of thiocarbonyl (C=S) groups is 1. The number of nitrogens with two attached hydrogens (primary N) is 1. The van der Waals surface area contributed by atoms with E-state index in [1.807, 2.05) is 42.5 Å². The predicted octanol–water partition coefficient (Wildman–Crippen LogP) is 3.28. The van der Waals surface area contributed by atoms with Crippen molar-refractivity contribution in [3.63, 3.8) is 0 Å². The molecular weight excluding hydrogens is 280 g/mol. The van der Waals surface area contributed by atoms with Crippen molar-refractivity contribution in [3.05, 3.63) is 65.7 Å². The topological polar surface area (TPSA) is 55.1 Å². The third kappa shape index (κ3) is 5.00. The smallest absolute Gasteiger partial charge is 0.224 e. The van der Waals surface area contributed by atoms with E-state index < -0.39 is 0 Å². The van der Waals surface area contributed by atoms with E-state index in [1.54, 1.807) is 0 Å². The Morgan fingerprint density at radius 2 is 1.71 bits per heavy atom. The number of aryl methyl sites for hydroxylation is 1. The number of nitrogens with one attached hydrogen (secondary N) is 1. The van der Waals surface area contributed by atoms with Gasteiger partial charge in [-0.1, -0.05) is 42.5 Å². The molecule has 0 aliphatic rings. The van der Waals surface area contributed by atoms with Crippen molar-refractivity contribution >= 4 is 28.8 Å². The Kier molecular flexibility index (Phi) is 5.46. The van der Waals surface area contributed by atoms with Crippen LogP contribution in [0.4, 0.5) is 5.69 Å². The van der Waals surface area contributed by atoms with Crippen molar-refractivity contribution in [2.45, 2.75) is 19.3 Å². The second-order valence-corrected chi connectivity index (χ2v) is 5.27. The maximum absolute atomic E-state index is 11.9. The first-order chi connectivity index (χ1) is 10.1. The molecule has 0 atom stereocenters. The Morgan fingerprint density at radius 1 is 1.05 bits per heavy atom. The standard InChI is InChI=1S/C17H18N2OS/c18-17(21)14-9-11-15(12-10-14)19-16(20)8-4-7-13-5-2-1-3-6-13/h1-3,5-6,9-12H,4,7-8H2,(H2,18,21)(H,19,20). The first-order valence-corrected chi connectivity index (χ1v) is 7.29. The largest absolute Gasteiger partial charge is 0.389 e. The maximum atomic E-state index is 11.9. The molecule has 2 aromatic rings. The molecular formula is C17H18N2OS. The first kappa shape index (κ1) is 15.2. The Hall–Kier alpha value is -2.20. The van der Waals surface area contributed by atoms with Crippen molar-refractivity contribution in [2.24, 2.45) is 5.73 Å². The number of hydrogen-bond acceptors (Lipinski definition) is 2. The minimum atomic E-state index is 0.0222. The molecule has 108 valence electrons.